The summed E-state index contributed by atoms with van der Waals surface area (Å²) in [7, 11) is 3.40. The Morgan fingerprint density at radius 1 is 1.56 bits per heavy atom. The highest BCUT2D eigenvalue weighted by Gasteiger charge is 2.16. The Hall–Kier alpha value is -1.57. The lowest BCUT2D eigenvalue weighted by Crippen LogP contribution is -2.26. The van der Waals surface area contributed by atoms with E-state index in [1.165, 1.54) is 0 Å². The lowest BCUT2D eigenvalue weighted by Gasteiger charge is -2.21. The molecule has 0 saturated heterocycles. The summed E-state index contributed by atoms with van der Waals surface area (Å²) in [6.07, 6.45) is 0. The van der Waals surface area contributed by atoms with E-state index in [0.29, 0.717) is 6.54 Å². The van der Waals surface area contributed by atoms with E-state index in [1.807, 2.05) is 31.3 Å². The van der Waals surface area contributed by atoms with Crippen molar-refractivity contribution in [1.82, 2.24) is 4.90 Å². The molecule has 0 aromatic heterocycles. The normalized spacial score (nSPS) is 12.2. The maximum Gasteiger partial charge on any atom is 0.123 e. The van der Waals surface area contributed by atoms with Crippen molar-refractivity contribution in [3.8, 4) is 11.8 Å². The summed E-state index contributed by atoms with van der Waals surface area (Å²) in [6, 6.07) is 9.26. The molecule has 0 bridgehead atoms. The van der Waals surface area contributed by atoms with Crippen LogP contribution in [-0.2, 0) is 0 Å². The molecule has 1 aromatic rings. The van der Waals surface area contributed by atoms with Gasteiger partial charge in [0.2, 0.25) is 0 Å². The van der Waals surface area contributed by atoms with Crippen molar-refractivity contribution in [2.24, 2.45) is 0 Å². The van der Waals surface area contributed by atoms with Gasteiger partial charge in [-0.15, -0.1) is 0 Å². The second kappa shape index (κ2) is 6.11. The van der Waals surface area contributed by atoms with E-state index in [9.17, 15) is 0 Å². The lowest BCUT2D eigenvalue weighted by atomic mass is 10.1. The van der Waals surface area contributed by atoms with E-state index in [2.05, 4.69) is 6.07 Å². The second-order valence-electron chi connectivity index (χ2n) is 3.51. The highest BCUT2D eigenvalue weighted by Crippen LogP contribution is 2.22. The molecule has 0 heterocycles. The smallest absolute Gasteiger partial charge is 0.123 e. The first kappa shape index (κ1) is 12.5. The molecule has 0 spiro atoms. The van der Waals surface area contributed by atoms with Crippen LogP contribution < -0.4 is 4.74 Å². The second-order valence-corrected chi connectivity index (χ2v) is 3.51. The summed E-state index contributed by atoms with van der Waals surface area (Å²) in [5.41, 5.74) is 0.873. The van der Waals surface area contributed by atoms with Gasteiger partial charge in [0.1, 0.15) is 11.8 Å². The van der Waals surface area contributed by atoms with Crippen LogP contribution in [0.2, 0.25) is 0 Å². The van der Waals surface area contributed by atoms with Crippen LogP contribution in [0.5, 0.6) is 5.75 Å². The van der Waals surface area contributed by atoms with Gasteiger partial charge in [0.15, 0.2) is 0 Å². The quantitative estimate of drug-likeness (QED) is 0.809. The summed E-state index contributed by atoms with van der Waals surface area (Å²) in [5.74, 6) is 0.732. The molecule has 4 nitrogen and oxygen atoms in total. The van der Waals surface area contributed by atoms with Gasteiger partial charge in [-0.1, -0.05) is 12.1 Å². The van der Waals surface area contributed by atoms with Crippen molar-refractivity contribution in [1.29, 1.82) is 5.26 Å². The van der Waals surface area contributed by atoms with E-state index in [-0.39, 0.29) is 12.6 Å². The number of likely N-dealkylation sites (N-methyl/N-ethyl adjacent to an activating group) is 1. The first-order valence-electron chi connectivity index (χ1n) is 5.07. The number of aliphatic hydroxyl groups is 1. The van der Waals surface area contributed by atoms with Crippen LogP contribution in [0.15, 0.2) is 24.3 Å². The van der Waals surface area contributed by atoms with E-state index in [1.54, 1.807) is 12.0 Å². The van der Waals surface area contributed by atoms with Crippen LogP contribution in [0.3, 0.4) is 0 Å². The Morgan fingerprint density at radius 3 is 2.88 bits per heavy atom. The number of nitriles is 1. The summed E-state index contributed by atoms with van der Waals surface area (Å²) in [4.78, 5) is 1.80. The number of aliphatic hydroxyl groups excluding tert-OH is 1. The van der Waals surface area contributed by atoms with Gasteiger partial charge >= 0.3 is 0 Å². The highest BCUT2D eigenvalue weighted by atomic mass is 16.5. The highest BCUT2D eigenvalue weighted by molar-refractivity contribution is 5.33. The zero-order chi connectivity index (χ0) is 12.0. The van der Waals surface area contributed by atoms with Gasteiger partial charge in [-0.3, -0.25) is 4.90 Å². The number of hydrogen-bond donors (Lipinski definition) is 1. The summed E-state index contributed by atoms with van der Waals surface area (Å²) >= 11 is 0. The lowest BCUT2D eigenvalue weighted by molar-refractivity contribution is 0.203. The predicted octanol–water partition coefficient (Wildman–Crippen LogP) is 1.18. The number of methoxy groups -OCH3 is 1. The topological polar surface area (TPSA) is 56.5 Å². The average molecular weight is 220 g/mol. The molecule has 0 amide bonds. The Labute approximate surface area is 95.7 Å². The van der Waals surface area contributed by atoms with E-state index >= 15 is 0 Å². The summed E-state index contributed by atoms with van der Waals surface area (Å²) in [5, 5.41) is 18.0. The van der Waals surface area contributed by atoms with Crippen LogP contribution in [0, 0.1) is 11.3 Å². The minimum absolute atomic E-state index is 0.0403. The number of nitrogens with zero attached hydrogens (tertiary/aromatic N) is 2. The van der Waals surface area contributed by atoms with Gasteiger partial charge in [0.05, 0.1) is 19.8 Å². The first-order valence-corrected chi connectivity index (χ1v) is 5.07. The van der Waals surface area contributed by atoms with Crippen molar-refractivity contribution in [3.63, 3.8) is 0 Å². The summed E-state index contributed by atoms with van der Waals surface area (Å²) < 4.78 is 5.11. The van der Waals surface area contributed by atoms with Gasteiger partial charge in [0, 0.05) is 6.54 Å². The fourth-order valence-electron chi connectivity index (χ4n) is 1.53. The predicted molar refractivity (Wildman–Crippen MR) is 61.1 cm³/mol. The largest absolute Gasteiger partial charge is 0.497 e. The maximum absolute atomic E-state index is 9.13. The molecule has 0 aliphatic carbocycles. The van der Waals surface area contributed by atoms with Gasteiger partial charge in [0.25, 0.3) is 0 Å². The maximum atomic E-state index is 9.13. The first-order chi connectivity index (χ1) is 7.72. The monoisotopic (exact) mass is 220 g/mol. The number of benzene rings is 1. The molecule has 0 aliphatic rings. The van der Waals surface area contributed by atoms with E-state index < -0.39 is 0 Å². The Balaban J connectivity index is 2.91. The number of hydrogen-bond acceptors (Lipinski definition) is 4. The molecule has 4 heteroatoms. The molecule has 1 rings (SSSR count). The van der Waals surface area contributed by atoms with Gasteiger partial charge < -0.3 is 9.84 Å². The Kier molecular flexibility index (Phi) is 4.77. The number of ether oxygens (including phenoxy) is 1. The average Bonchev–Trinajstić information content (AvgIpc) is 2.31. The third kappa shape index (κ3) is 2.96. The van der Waals surface area contributed by atoms with Crippen molar-refractivity contribution in [3.05, 3.63) is 29.8 Å². The molecule has 86 valence electrons. The van der Waals surface area contributed by atoms with Crippen molar-refractivity contribution >= 4 is 0 Å². The minimum atomic E-state index is -0.359. The van der Waals surface area contributed by atoms with Crippen molar-refractivity contribution < 1.29 is 9.84 Å². The standard InChI is InChI=1S/C12H16N2O2/c1-14(6-7-15)12(9-13)10-4-3-5-11(8-10)16-2/h3-5,8,12,15H,6-7H2,1-2H3. The minimum Gasteiger partial charge on any atom is -0.497 e. The zero-order valence-corrected chi connectivity index (χ0v) is 9.55. The Bertz CT molecular complexity index is 374. The molecule has 0 radical (unpaired) electrons. The van der Waals surface area contributed by atoms with Crippen LogP contribution >= 0.6 is 0 Å². The molecule has 16 heavy (non-hydrogen) atoms. The van der Waals surface area contributed by atoms with Gasteiger partial charge in [-0.2, -0.15) is 5.26 Å². The molecule has 1 aromatic carbocycles. The zero-order valence-electron chi connectivity index (χ0n) is 9.55. The van der Waals surface area contributed by atoms with Gasteiger partial charge in [-0.25, -0.2) is 0 Å². The van der Waals surface area contributed by atoms with E-state index in [0.717, 1.165) is 11.3 Å². The fraction of sp³-hybridized carbons (Fsp3) is 0.417. The number of rotatable bonds is 5. The third-order valence-corrected chi connectivity index (χ3v) is 2.43. The van der Waals surface area contributed by atoms with Crippen LogP contribution in [0.1, 0.15) is 11.6 Å². The van der Waals surface area contributed by atoms with Crippen LogP contribution in [-0.4, -0.2) is 37.3 Å². The molecule has 1 atom stereocenters. The van der Waals surface area contributed by atoms with Crippen LogP contribution in [0.4, 0.5) is 0 Å². The van der Waals surface area contributed by atoms with Gasteiger partial charge in [-0.05, 0) is 24.7 Å². The Morgan fingerprint density at radius 2 is 2.31 bits per heavy atom. The SMILES string of the molecule is COc1cccc(C(C#N)N(C)CCO)c1. The molecule has 0 fully saturated rings. The molecular formula is C12H16N2O2. The third-order valence-electron chi connectivity index (χ3n) is 2.43. The fourth-order valence-corrected chi connectivity index (χ4v) is 1.53. The molecule has 1 N–H and O–H groups in total. The molecule has 1 unspecified atom stereocenters. The molecule has 0 saturated carbocycles. The summed E-state index contributed by atoms with van der Waals surface area (Å²) in [6.45, 7) is 0.508. The van der Waals surface area contributed by atoms with E-state index in [4.69, 9.17) is 15.1 Å². The van der Waals surface area contributed by atoms with Crippen molar-refractivity contribution in [2.45, 2.75) is 6.04 Å². The molecule has 0 aliphatic heterocycles. The van der Waals surface area contributed by atoms with Crippen molar-refractivity contribution in [2.75, 3.05) is 27.3 Å². The molecular weight excluding hydrogens is 204 g/mol. The van der Waals surface area contributed by atoms with Crippen LogP contribution in [0.25, 0.3) is 0 Å².